The normalized spacial score (nSPS) is 22.0. The molecule has 0 saturated heterocycles. The van der Waals surface area contributed by atoms with E-state index in [9.17, 15) is 9.00 Å². The lowest BCUT2D eigenvalue weighted by atomic mass is 9.95. The van der Waals surface area contributed by atoms with E-state index in [1.165, 1.54) is 19.3 Å². The van der Waals surface area contributed by atoms with Gasteiger partial charge in [-0.2, -0.15) is 0 Å². The van der Waals surface area contributed by atoms with Gasteiger partial charge in [-0.05, 0) is 12.8 Å². The van der Waals surface area contributed by atoms with Gasteiger partial charge in [0.05, 0.1) is 5.75 Å². The van der Waals surface area contributed by atoms with E-state index in [2.05, 4.69) is 5.32 Å². The molecule has 1 aliphatic rings. The van der Waals surface area contributed by atoms with Gasteiger partial charge < -0.3 is 9.87 Å². The molecular weight excluding hydrogens is 214 g/mol. The van der Waals surface area contributed by atoms with Gasteiger partial charge in [-0.3, -0.25) is 4.79 Å². The van der Waals surface area contributed by atoms with E-state index >= 15 is 0 Å². The Labute approximate surface area is 93.1 Å². The largest absolute Gasteiger partial charge is 0.353 e. The first-order valence-corrected chi connectivity index (χ1v) is 6.75. The number of hydrogen-bond donors (Lipinski definition) is 2. The first kappa shape index (κ1) is 12.6. The van der Waals surface area contributed by atoms with E-state index in [0.29, 0.717) is 0 Å². The van der Waals surface area contributed by atoms with Crippen LogP contribution in [0.3, 0.4) is 0 Å². The Balaban J connectivity index is 2.30. The minimum absolute atomic E-state index is 0.0263. The van der Waals surface area contributed by atoms with Crippen LogP contribution >= 0.6 is 0 Å². The summed E-state index contributed by atoms with van der Waals surface area (Å²) in [7, 11) is 0. The summed E-state index contributed by atoms with van der Waals surface area (Å²) in [6, 6.07) is 0.279. The Morgan fingerprint density at radius 1 is 1.47 bits per heavy atom. The average Bonchev–Trinajstić information content (AvgIpc) is 2.18. The molecule has 2 atom stereocenters. The van der Waals surface area contributed by atoms with Gasteiger partial charge in [0, 0.05) is 12.0 Å². The monoisotopic (exact) mass is 233 g/mol. The Morgan fingerprint density at radius 2 is 2.07 bits per heavy atom. The third-order valence-corrected chi connectivity index (χ3v) is 3.58. The highest BCUT2D eigenvalue weighted by Gasteiger charge is 2.20. The van der Waals surface area contributed by atoms with Crippen molar-refractivity contribution in [2.75, 3.05) is 5.75 Å². The molecule has 0 aromatic carbocycles. The second-order valence-electron chi connectivity index (χ2n) is 4.23. The molecule has 2 unspecified atom stereocenters. The summed E-state index contributed by atoms with van der Waals surface area (Å²) in [5.41, 5.74) is 0. The molecule has 1 amide bonds. The Kier molecular flexibility index (Phi) is 5.25. The first-order valence-electron chi connectivity index (χ1n) is 5.47. The molecular formula is C10H19NO3S. The molecule has 0 aromatic heterocycles. The van der Waals surface area contributed by atoms with Crippen molar-refractivity contribution in [3.63, 3.8) is 0 Å². The van der Waals surface area contributed by atoms with E-state index in [1.54, 1.807) is 6.92 Å². The third kappa shape index (κ3) is 4.75. The van der Waals surface area contributed by atoms with Crippen LogP contribution in [0.1, 0.15) is 39.0 Å². The molecule has 0 radical (unpaired) electrons. The van der Waals surface area contributed by atoms with Crippen LogP contribution in [0.15, 0.2) is 0 Å². The summed E-state index contributed by atoms with van der Waals surface area (Å²) in [5.74, 6) is -0.444. The molecule has 1 rings (SSSR count). The summed E-state index contributed by atoms with van der Waals surface area (Å²) in [6.07, 6.45) is 5.68. The Morgan fingerprint density at radius 3 is 2.60 bits per heavy atom. The van der Waals surface area contributed by atoms with E-state index in [1.807, 2.05) is 0 Å². The second-order valence-corrected chi connectivity index (χ2v) is 5.21. The zero-order chi connectivity index (χ0) is 11.3. The minimum atomic E-state index is -1.88. The van der Waals surface area contributed by atoms with Crippen molar-refractivity contribution >= 4 is 17.0 Å². The number of nitrogens with one attached hydrogen (secondary N) is 1. The van der Waals surface area contributed by atoms with Gasteiger partial charge in [0.25, 0.3) is 0 Å². The minimum Gasteiger partial charge on any atom is -0.353 e. The fourth-order valence-electron chi connectivity index (χ4n) is 1.88. The van der Waals surface area contributed by atoms with Gasteiger partial charge >= 0.3 is 0 Å². The summed E-state index contributed by atoms with van der Waals surface area (Å²) < 4.78 is 19.2. The fraction of sp³-hybridized carbons (Fsp3) is 0.900. The zero-order valence-corrected chi connectivity index (χ0v) is 9.89. The van der Waals surface area contributed by atoms with E-state index in [0.717, 1.165) is 12.8 Å². The van der Waals surface area contributed by atoms with Gasteiger partial charge in [0.1, 0.15) is 0 Å². The maximum atomic E-state index is 11.6. The summed E-state index contributed by atoms with van der Waals surface area (Å²) >= 11 is -1.88. The van der Waals surface area contributed by atoms with Crippen LogP contribution in [0.25, 0.3) is 0 Å². The number of amides is 1. The number of carbonyl (C=O) groups is 1. The standard InChI is InChI=1S/C10H19NO3S/c1-8(7-15(13)14)10(12)11-9-5-3-2-4-6-9/h8-9H,2-7H2,1H3,(H,11,12)(H,13,14). The van der Waals surface area contributed by atoms with Crippen molar-refractivity contribution < 1.29 is 13.6 Å². The van der Waals surface area contributed by atoms with E-state index in [-0.39, 0.29) is 23.6 Å². The fourth-order valence-corrected chi connectivity index (χ4v) is 2.46. The Bertz CT molecular complexity index is 239. The highest BCUT2D eigenvalue weighted by molar-refractivity contribution is 7.79. The van der Waals surface area contributed by atoms with Crippen LogP contribution < -0.4 is 5.32 Å². The van der Waals surface area contributed by atoms with Crippen LogP contribution in [0.4, 0.5) is 0 Å². The topological polar surface area (TPSA) is 66.4 Å². The van der Waals surface area contributed by atoms with Gasteiger partial charge in [0.2, 0.25) is 5.91 Å². The van der Waals surface area contributed by atoms with E-state index in [4.69, 9.17) is 4.55 Å². The molecule has 0 aromatic rings. The molecule has 0 bridgehead atoms. The highest BCUT2D eigenvalue weighted by Crippen LogP contribution is 2.17. The molecule has 0 spiro atoms. The number of hydrogen-bond acceptors (Lipinski definition) is 2. The highest BCUT2D eigenvalue weighted by atomic mass is 32.2. The molecule has 0 heterocycles. The van der Waals surface area contributed by atoms with Crippen molar-refractivity contribution in [2.24, 2.45) is 5.92 Å². The quantitative estimate of drug-likeness (QED) is 0.719. The lowest BCUT2D eigenvalue weighted by Crippen LogP contribution is -2.40. The average molecular weight is 233 g/mol. The predicted octanol–water partition coefficient (Wildman–Crippen LogP) is 1.29. The SMILES string of the molecule is CC(CS(=O)O)C(=O)NC1CCCCC1. The van der Waals surface area contributed by atoms with Gasteiger partial charge in [-0.15, -0.1) is 0 Å². The molecule has 0 aliphatic heterocycles. The van der Waals surface area contributed by atoms with Crippen LogP contribution in [-0.2, 0) is 15.9 Å². The third-order valence-electron chi connectivity index (χ3n) is 2.79. The zero-order valence-electron chi connectivity index (χ0n) is 9.07. The summed E-state index contributed by atoms with van der Waals surface area (Å²) in [4.78, 5) is 11.6. The van der Waals surface area contributed by atoms with Crippen molar-refractivity contribution in [3.8, 4) is 0 Å². The number of carbonyl (C=O) groups excluding carboxylic acids is 1. The van der Waals surface area contributed by atoms with Crippen LogP contribution in [0.5, 0.6) is 0 Å². The van der Waals surface area contributed by atoms with Crippen LogP contribution in [0, 0.1) is 5.92 Å². The maximum absolute atomic E-state index is 11.6. The Hall–Kier alpha value is -0.420. The van der Waals surface area contributed by atoms with Crippen LogP contribution in [0.2, 0.25) is 0 Å². The van der Waals surface area contributed by atoms with Gasteiger partial charge in [-0.1, -0.05) is 26.2 Å². The number of rotatable bonds is 4. The van der Waals surface area contributed by atoms with E-state index < -0.39 is 11.1 Å². The van der Waals surface area contributed by atoms with Crippen molar-refractivity contribution in [2.45, 2.75) is 45.1 Å². The molecule has 1 aliphatic carbocycles. The van der Waals surface area contributed by atoms with Gasteiger partial charge in [0.15, 0.2) is 11.1 Å². The predicted molar refractivity (Wildman–Crippen MR) is 59.8 cm³/mol. The molecule has 15 heavy (non-hydrogen) atoms. The summed E-state index contributed by atoms with van der Waals surface area (Å²) in [5, 5.41) is 2.94. The van der Waals surface area contributed by atoms with Crippen molar-refractivity contribution in [3.05, 3.63) is 0 Å². The lowest BCUT2D eigenvalue weighted by Gasteiger charge is -2.24. The summed E-state index contributed by atoms with van der Waals surface area (Å²) in [6.45, 7) is 1.69. The molecule has 1 saturated carbocycles. The first-order chi connectivity index (χ1) is 7.09. The van der Waals surface area contributed by atoms with Crippen molar-refractivity contribution in [1.82, 2.24) is 5.32 Å². The lowest BCUT2D eigenvalue weighted by molar-refractivity contribution is -0.124. The molecule has 88 valence electrons. The molecule has 5 heteroatoms. The maximum Gasteiger partial charge on any atom is 0.224 e. The van der Waals surface area contributed by atoms with Crippen molar-refractivity contribution in [1.29, 1.82) is 0 Å². The van der Waals surface area contributed by atoms with Gasteiger partial charge in [-0.25, -0.2) is 4.21 Å². The molecule has 4 nitrogen and oxygen atoms in total. The molecule has 1 fully saturated rings. The van der Waals surface area contributed by atoms with Crippen LogP contribution in [-0.4, -0.2) is 26.5 Å². The second kappa shape index (κ2) is 6.23. The smallest absolute Gasteiger partial charge is 0.224 e. The molecule has 2 N–H and O–H groups in total.